The van der Waals surface area contributed by atoms with Gasteiger partial charge in [0.25, 0.3) is 0 Å². The Bertz CT molecular complexity index is 437. The topological polar surface area (TPSA) is 45.2 Å². The summed E-state index contributed by atoms with van der Waals surface area (Å²) >= 11 is 5.80. The van der Waals surface area contributed by atoms with Crippen LogP contribution in [-0.4, -0.2) is 47.8 Å². The monoisotopic (exact) mass is 311 g/mol. The molecule has 0 amide bonds. The second-order valence-electron chi connectivity index (χ2n) is 4.16. The minimum Gasteiger partial charge on any atom is -0.343 e. The summed E-state index contributed by atoms with van der Waals surface area (Å²) < 4.78 is 36.6. The predicted octanol–water partition coefficient (Wildman–Crippen LogP) is 2.76. The number of halogens is 4. The third-order valence-electron chi connectivity index (χ3n) is 2.70. The van der Waals surface area contributed by atoms with Gasteiger partial charge < -0.3 is 9.80 Å². The Morgan fingerprint density at radius 2 is 1.60 bits per heavy atom. The van der Waals surface area contributed by atoms with E-state index in [1.54, 1.807) is 0 Å². The van der Waals surface area contributed by atoms with Crippen molar-refractivity contribution >= 4 is 23.5 Å². The molecule has 0 unspecified atom stereocenters. The molecule has 0 saturated carbocycles. The van der Waals surface area contributed by atoms with Crippen molar-refractivity contribution in [3.63, 3.8) is 0 Å². The van der Waals surface area contributed by atoms with Gasteiger partial charge in [-0.15, -0.1) is 0 Å². The maximum absolute atomic E-state index is 12.2. The van der Waals surface area contributed by atoms with Gasteiger partial charge in [-0.1, -0.05) is 0 Å². The molecular formula is C11H17ClF3N5. The Hall–Kier alpha value is -1.31. The quantitative estimate of drug-likeness (QED) is 0.808. The van der Waals surface area contributed by atoms with E-state index in [4.69, 9.17) is 11.6 Å². The third kappa shape index (κ3) is 4.99. The van der Waals surface area contributed by atoms with E-state index in [1.807, 2.05) is 18.7 Å². The van der Waals surface area contributed by atoms with E-state index >= 15 is 0 Å². The van der Waals surface area contributed by atoms with E-state index in [2.05, 4.69) is 15.0 Å². The SMILES string of the molecule is CCN(CC)c1nc(Cl)nc(N(C)CCC(F)(F)F)n1. The summed E-state index contributed by atoms with van der Waals surface area (Å²) in [6, 6.07) is 0. The molecule has 0 aromatic carbocycles. The fraction of sp³-hybridized carbons (Fsp3) is 0.727. The maximum Gasteiger partial charge on any atom is 0.390 e. The lowest BCUT2D eigenvalue weighted by atomic mass is 10.4. The van der Waals surface area contributed by atoms with Crippen LogP contribution in [0.2, 0.25) is 5.28 Å². The summed E-state index contributed by atoms with van der Waals surface area (Å²) in [7, 11) is 1.49. The normalized spacial score (nSPS) is 11.6. The van der Waals surface area contributed by atoms with Crippen LogP contribution in [0.4, 0.5) is 25.1 Å². The van der Waals surface area contributed by atoms with Gasteiger partial charge in [0.05, 0.1) is 6.42 Å². The van der Waals surface area contributed by atoms with Crippen molar-refractivity contribution in [1.82, 2.24) is 15.0 Å². The zero-order chi connectivity index (χ0) is 15.3. The number of anilines is 2. The van der Waals surface area contributed by atoms with Crippen molar-refractivity contribution in [2.75, 3.05) is 36.5 Å². The largest absolute Gasteiger partial charge is 0.390 e. The maximum atomic E-state index is 12.2. The molecule has 114 valence electrons. The molecule has 1 heterocycles. The van der Waals surface area contributed by atoms with Gasteiger partial charge in [0.2, 0.25) is 17.2 Å². The standard InChI is InChI=1S/C11H17ClF3N5/c1-4-20(5-2)10-17-8(12)16-9(18-10)19(3)7-6-11(13,14)15/h4-7H2,1-3H3. The van der Waals surface area contributed by atoms with Gasteiger partial charge in [0.1, 0.15) is 0 Å². The second-order valence-corrected chi connectivity index (χ2v) is 4.50. The molecule has 0 aliphatic rings. The van der Waals surface area contributed by atoms with E-state index in [1.165, 1.54) is 11.9 Å². The second kappa shape index (κ2) is 6.92. The van der Waals surface area contributed by atoms with Crippen LogP contribution >= 0.6 is 11.6 Å². The molecule has 0 spiro atoms. The molecule has 20 heavy (non-hydrogen) atoms. The molecule has 0 radical (unpaired) electrons. The average molecular weight is 312 g/mol. The minimum absolute atomic E-state index is 0.0317. The molecule has 0 aliphatic carbocycles. The van der Waals surface area contributed by atoms with E-state index in [0.717, 1.165) is 0 Å². The van der Waals surface area contributed by atoms with Crippen LogP contribution in [0.5, 0.6) is 0 Å². The Labute approximate surface area is 120 Å². The first kappa shape index (κ1) is 16.7. The van der Waals surface area contributed by atoms with E-state index in [-0.39, 0.29) is 17.8 Å². The van der Waals surface area contributed by atoms with E-state index < -0.39 is 12.6 Å². The van der Waals surface area contributed by atoms with Gasteiger partial charge >= 0.3 is 6.18 Å². The average Bonchev–Trinajstić information content (AvgIpc) is 2.36. The van der Waals surface area contributed by atoms with Crippen molar-refractivity contribution in [3.05, 3.63) is 5.28 Å². The van der Waals surface area contributed by atoms with Gasteiger partial charge in [-0.3, -0.25) is 0 Å². The number of hydrogen-bond acceptors (Lipinski definition) is 5. The molecule has 5 nitrogen and oxygen atoms in total. The number of aromatic nitrogens is 3. The van der Waals surface area contributed by atoms with Gasteiger partial charge in [-0.2, -0.15) is 28.1 Å². The van der Waals surface area contributed by atoms with Gasteiger partial charge in [-0.05, 0) is 25.4 Å². The van der Waals surface area contributed by atoms with Gasteiger partial charge in [-0.25, -0.2) is 0 Å². The molecule has 0 aliphatic heterocycles. The van der Waals surface area contributed by atoms with Crippen LogP contribution < -0.4 is 9.80 Å². The molecular weight excluding hydrogens is 295 g/mol. The third-order valence-corrected chi connectivity index (χ3v) is 2.87. The van der Waals surface area contributed by atoms with Gasteiger partial charge in [0, 0.05) is 26.7 Å². The Kier molecular flexibility index (Phi) is 5.79. The highest BCUT2D eigenvalue weighted by molar-refractivity contribution is 6.28. The molecule has 0 atom stereocenters. The zero-order valence-electron chi connectivity index (χ0n) is 11.6. The molecule has 0 bridgehead atoms. The molecule has 1 aromatic rings. The van der Waals surface area contributed by atoms with Crippen molar-refractivity contribution < 1.29 is 13.2 Å². The minimum atomic E-state index is -4.22. The predicted molar refractivity (Wildman–Crippen MR) is 72.3 cm³/mol. The van der Waals surface area contributed by atoms with Crippen LogP contribution in [0, 0.1) is 0 Å². The summed E-state index contributed by atoms with van der Waals surface area (Å²) in [6.07, 6.45) is -5.15. The molecule has 0 N–H and O–H groups in total. The first-order valence-electron chi connectivity index (χ1n) is 6.21. The zero-order valence-corrected chi connectivity index (χ0v) is 12.3. The summed E-state index contributed by atoms with van der Waals surface area (Å²) in [4.78, 5) is 15.2. The van der Waals surface area contributed by atoms with Crippen molar-refractivity contribution in [2.45, 2.75) is 26.4 Å². The molecule has 0 saturated heterocycles. The van der Waals surface area contributed by atoms with Crippen LogP contribution in [0.3, 0.4) is 0 Å². The fourth-order valence-corrected chi connectivity index (χ4v) is 1.69. The molecule has 0 fully saturated rings. The first-order valence-corrected chi connectivity index (χ1v) is 6.59. The van der Waals surface area contributed by atoms with Gasteiger partial charge in [0.15, 0.2) is 0 Å². The molecule has 9 heteroatoms. The smallest absolute Gasteiger partial charge is 0.343 e. The summed E-state index contributed by atoms with van der Waals surface area (Å²) in [5, 5.41) is -0.0317. The van der Waals surface area contributed by atoms with Crippen molar-refractivity contribution in [3.8, 4) is 0 Å². The Morgan fingerprint density at radius 3 is 2.10 bits per heavy atom. The Balaban J connectivity index is 2.89. The number of rotatable bonds is 6. The lowest BCUT2D eigenvalue weighted by Gasteiger charge is -2.22. The lowest BCUT2D eigenvalue weighted by molar-refractivity contribution is -0.132. The number of nitrogens with zero attached hydrogens (tertiary/aromatic N) is 5. The highest BCUT2D eigenvalue weighted by Gasteiger charge is 2.27. The Morgan fingerprint density at radius 1 is 1.05 bits per heavy atom. The highest BCUT2D eigenvalue weighted by Crippen LogP contribution is 2.21. The van der Waals surface area contributed by atoms with Crippen LogP contribution in [0.1, 0.15) is 20.3 Å². The summed E-state index contributed by atoms with van der Waals surface area (Å²) in [5.74, 6) is 0.500. The summed E-state index contributed by atoms with van der Waals surface area (Å²) in [6.45, 7) is 4.95. The first-order chi connectivity index (χ1) is 9.26. The summed E-state index contributed by atoms with van der Waals surface area (Å²) in [5.41, 5.74) is 0. The van der Waals surface area contributed by atoms with Crippen LogP contribution in [0.15, 0.2) is 0 Å². The molecule has 1 aromatic heterocycles. The number of hydrogen-bond donors (Lipinski definition) is 0. The highest BCUT2D eigenvalue weighted by atomic mass is 35.5. The van der Waals surface area contributed by atoms with Crippen LogP contribution in [0.25, 0.3) is 0 Å². The number of alkyl halides is 3. The van der Waals surface area contributed by atoms with E-state index in [9.17, 15) is 13.2 Å². The van der Waals surface area contributed by atoms with E-state index in [0.29, 0.717) is 19.0 Å². The fourth-order valence-electron chi connectivity index (χ4n) is 1.54. The van der Waals surface area contributed by atoms with Crippen molar-refractivity contribution in [1.29, 1.82) is 0 Å². The van der Waals surface area contributed by atoms with Crippen molar-refractivity contribution in [2.24, 2.45) is 0 Å². The van der Waals surface area contributed by atoms with Crippen LogP contribution in [-0.2, 0) is 0 Å². The molecule has 1 rings (SSSR count). The lowest BCUT2D eigenvalue weighted by Crippen LogP contribution is -2.28.